The summed E-state index contributed by atoms with van der Waals surface area (Å²) in [6.07, 6.45) is 0. The van der Waals surface area contributed by atoms with Crippen LogP contribution in [-0.4, -0.2) is 26.8 Å². The molecule has 0 radical (unpaired) electrons. The SMILES string of the molecule is O=C(CSc1n[nH]c(-c2ccc(Br)cc2)n1)Nc1ccccc1F. The summed E-state index contributed by atoms with van der Waals surface area (Å²) < 4.78 is 14.5. The first kappa shape index (κ1) is 16.7. The number of carbonyl (C=O) groups excluding carboxylic acids is 1. The van der Waals surface area contributed by atoms with E-state index in [-0.39, 0.29) is 17.3 Å². The third-order valence-corrected chi connectivity index (χ3v) is 4.44. The van der Waals surface area contributed by atoms with Gasteiger partial charge in [-0.2, -0.15) is 0 Å². The van der Waals surface area contributed by atoms with E-state index in [0.29, 0.717) is 11.0 Å². The van der Waals surface area contributed by atoms with Crippen molar-refractivity contribution >= 4 is 39.3 Å². The van der Waals surface area contributed by atoms with Crippen LogP contribution in [0.3, 0.4) is 0 Å². The average Bonchev–Trinajstić information content (AvgIpc) is 3.05. The number of halogens is 2. The van der Waals surface area contributed by atoms with Crippen molar-refractivity contribution in [2.45, 2.75) is 5.16 Å². The second-order valence-electron chi connectivity index (χ2n) is 4.79. The smallest absolute Gasteiger partial charge is 0.234 e. The lowest BCUT2D eigenvalue weighted by atomic mass is 10.2. The molecule has 24 heavy (non-hydrogen) atoms. The van der Waals surface area contributed by atoms with E-state index in [4.69, 9.17) is 0 Å². The van der Waals surface area contributed by atoms with Crippen molar-refractivity contribution in [1.29, 1.82) is 0 Å². The van der Waals surface area contributed by atoms with Crippen LogP contribution in [0.4, 0.5) is 10.1 Å². The van der Waals surface area contributed by atoms with E-state index < -0.39 is 5.82 Å². The van der Waals surface area contributed by atoms with E-state index in [9.17, 15) is 9.18 Å². The number of anilines is 1. The Kier molecular flexibility index (Phi) is 5.27. The molecule has 0 aliphatic heterocycles. The van der Waals surface area contributed by atoms with Gasteiger partial charge in [0.1, 0.15) is 5.82 Å². The summed E-state index contributed by atoms with van der Waals surface area (Å²) in [5, 5.41) is 9.88. The van der Waals surface area contributed by atoms with E-state index in [1.807, 2.05) is 24.3 Å². The van der Waals surface area contributed by atoms with Crippen molar-refractivity contribution in [3.05, 3.63) is 58.8 Å². The lowest BCUT2D eigenvalue weighted by Gasteiger charge is -2.04. The Bertz CT molecular complexity index is 853. The fourth-order valence-corrected chi connectivity index (χ4v) is 2.79. The highest BCUT2D eigenvalue weighted by molar-refractivity contribution is 9.10. The lowest BCUT2D eigenvalue weighted by Crippen LogP contribution is -2.15. The van der Waals surface area contributed by atoms with E-state index in [1.54, 1.807) is 12.1 Å². The van der Waals surface area contributed by atoms with Crippen LogP contribution < -0.4 is 5.32 Å². The monoisotopic (exact) mass is 406 g/mol. The molecule has 1 heterocycles. The molecule has 0 aliphatic carbocycles. The summed E-state index contributed by atoms with van der Waals surface area (Å²) in [5.74, 6) is -0.0720. The number of para-hydroxylation sites is 1. The van der Waals surface area contributed by atoms with Crippen LogP contribution in [0.25, 0.3) is 11.4 Å². The topological polar surface area (TPSA) is 70.7 Å². The zero-order valence-corrected chi connectivity index (χ0v) is 14.7. The van der Waals surface area contributed by atoms with Gasteiger partial charge in [0.2, 0.25) is 11.1 Å². The van der Waals surface area contributed by atoms with Crippen LogP contribution in [0.2, 0.25) is 0 Å². The first-order chi connectivity index (χ1) is 11.6. The van der Waals surface area contributed by atoms with E-state index in [1.165, 1.54) is 23.9 Å². The van der Waals surface area contributed by atoms with Gasteiger partial charge in [0, 0.05) is 10.0 Å². The minimum absolute atomic E-state index is 0.0893. The maximum atomic E-state index is 13.5. The van der Waals surface area contributed by atoms with Crippen LogP contribution in [0, 0.1) is 5.82 Å². The first-order valence-electron chi connectivity index (χ1n) is 6.97. The molecular formula is C16H12BrFN4OS. The van der Waals surface area contributed by atoms with Crippen LogP contribution >= 0.6 is 27.7 Å². The summed E-state index contributed by atoms with van der Waals surface area (Å²) >= 11 is 4.55. The predicted octanol–water partition coefficient (Wildman–Crippen LogP) is 4.10. The molecule has 0 aliphatic rings. The van der Waals surface area contributed by atoms with E-state index >= 15 is 0 Å². The van der Waals surface area contributed by atoms with Gasteiger partial charge in [-0.15, -0.1) is 5.10 Å². The molecular weight excluding hydrogens is 395 g/mol. The van der Waals surface area contributed by atoms with E-state index in [2.05, 4.69) is 36.4 Å². The number of H-pyrrole nitrogens is 1. The summed E-state index contributed by atoms with van der Waals surface area (Å²) in [7, 11) is 0. The number of thioether (sulfide) groups is 1. The Morgan fingerprint density at radius 1 is 1.21 bits per heavy atom. The summed E-state index contributed by atoms with van der Waals surface area (Å²) in [6.45, 7) is 0. The molecule has 8 heteroatoms. The number of hydrogen-bond donors (Lipinski definition) is 2. The van der Waals surface area contributed by atoms with Gasteiger partial charge in [-0.25, -0.2) is 9.37 Å². The minimum atomic E-state index is -0.466. The average molecular weight is 407 g/mol. The second kappa shape index (κ2) is 7.59. The lowest BCUT2D eigenvalue weighted by molar-refractivity contribution is -0.113. The Hall–Kier alpha value is -2.19. The van der Waals surface area contributed by atoms with Crippen molar-refractivity contribution in [2.24, 2.45) is 0 Å². The molecule has 122 valence electrons. The van der Waals surface area contributed by atoms with E-state index in [0.717, 1.165) is 10.0 Å². The second-order valence-corrected chi connectivity index (χ2v) is 6.65. The van der Waals surface area contributed by atoms with Crippen molar-refractivity contribution < 1.29 is 9.18 Å². The van der Waals surface area contributed by atoms with Crippen LogP contribution in [0.15, 0.2) is 58.2 Å². The predicted molar refractivity (Wildman–Crippen MR) is 95.3 cm³/mol. The molecule has 2 aromatic carbocycles. The molecule has 0 fully saturated rings. The highest BCUT2D eigenvalue weighted by atomic mass is 79.9. The number of hydrogen-bond acceptors (Lipinski definition) is 4. The summed E-state index contributed by atoms with van der Waals surface area (Å²) in [4.78, 5) is 16.2. The first-order valence-corrected chi connectivity index (χ1v) is 8.75. The number of aromatic nitrogens is 3. The van der Waals surface area contributed by atoms with Gasteiger partial charge in [-0.3, -0.25) is 9.89 Å². The van der Waals surface area contributed by atoms with Crippen molar-refractivity contribution in [2.75, 3.05) is 11.1 Å². The maximum absolute atomic E-state index is 13.5. The molecule has 1 aromatic heterocycles. The number of nitrogens with one attached hydrogen (secondary N) is 2. The van der Waals surface area contributed by atoms with Crippen molar-refractivity contribution in [1.82, 2.24) is 15.2 Å². The van der Waals surface area contributed by atoms with Gasteiger partial charge < -0.3 is 5.32 Å². The number of amides is 1. The molecule has 2 N–H and O–H groups in total. The third-order valence-electron chi connectivity index (χ3n) is 3.06. The number of rotatable bonds is 5. The number of carbonyl (C=O) groups is 1. The fraction of sp³-hybridized carbons (Fsp3) is 0.0625. The molecule has 0 unspecified atom stereocenters. The Balaban J connectivity index is 1.58. The van der Waals surface area contributed by atoms with Crippen LogP contribution in [0.5, 0.6) is 0 Å². The Labute approximate surface area is 150 Å². The number of aromatic amines is 1. The van der Waals surface area contributed by atoms with Crippen molar-refractivity contribution in [3.63, 3.8) is 0 Å². The van der Waals surface area contributed by atoms with Crippen LogP contribution in [0.1, 0.15) is 0 Å². The Morgan fingerprint density at radius 3 is 2.71 bits per heavy atom. The highest BCUT2D eigenvalue weighted by Gasteiger charge is 2.10. The zero-order valence-electron chi connectivity index (χ0n) is 12.3. The number of nitrogens with zero attached hydrogens (tertiary/aromatic N) is 2. The minimum Gasteiger partial charge on any atom is -0.323 e. The normalized spacial score (nSPS) is 10.6. The number of benzene rings is 2. The highest BCUT2D eigenvalue weighted by Crippen LogP contribution is 2.21. The molecule has 3 aromatic rings. The third kappa shape index (κ3) is 4.21. The summed E-state index contributed by atoms with van der Waals surface area (Å²) in [6, 6.07) is 13.7. The maximum Gasteiger partial charge on any atom is 0.234 e. The summed E-state index contributed by atoms with van der Waals surface area (Å²) in [5.41, 5.74) is 1.06. The molecule has 0 bridgehead atoms. The molecule has 3 rings (SSSR count). The molecule has 1 amide bonds. The van der Waals surface area contributed by atoms with Crippen LogP contribution in [-0.2, 0) is 4.79 Å². The molecule has 0 atom stereocenters. The largest absolute Gasteiger partial charge is 0.323 e. The van der Waals surface area contributed by atoms with Gasteiger partial charge in [-0.1, -0.05) is 52.0 Å². The van der Waals surface area contributed by atoms with Gasteiger partial charge in [0.05, 0.1) is 11.4 Å². The van der Waals surface area contributed by atoms with Gasteiger partial charge in [0.15, 0.2) is 5.82 Å². The van der Waals surface area contributed by atoms with Gasteiger partial charge in [0.25, 0.3) is 0 Å². The van der Waals surface area contributed by atoms with Gasteiger partial charge in [-0.05, 0) is 24.3 Å². The fourth-order valence-electron chi connectivity index (χ4n) is 1.93. The van der Waals surface area contributed by atoms with Crippen molar-refractivity contribution in [3.8, 4) is 11.4 Å². The molecule has 5 nitrogen and oxygen atoms in total. The zero-order chi connectivity index (χ0) is 16.9. The Morgan fingerprint density at radius 2 is 1.96 bits per heavy atom. The molecule has 0 spiro atoms. The standard InChI is InChI=1S/C16H12BrFN4OS/c17-11-7-5-10(6-8-11)15-20-16(22-21-15)24-9-14(23)19-13-4-2-1-3-12(13)18/h1-8H,9H2,(H,19,23)(H,20,21,22). The van der Waals surface area contributed by atoms with Gasteiger partial charge >= 0.3 is 0 Å². The molecule has 0 saturated carbocycles. The molecule has 0 saturated heterocycles. The quantitative estimate of drug-likeness (QED) is 0.625.